The van der Waals surface area contributed by atoms with Crippen molar-refractivity contribution in [3.05, 3.63) is 92.9 Å². The number of anilines is 1. The fourth-order valence-corrected chi connectivity index (χ4v) is 6.20. The van der Waals surface area contributed by atoms with Crippen LogP contribution >= 0.6 is 46.6 Å². The highest BCUT2D eigenvalue weighted by molar-refractivity contribution is 7.98. The first-order valence-corrected chi connectivity index (χ1v) is 14.0. The molecule has 5 nitrogen and oxygen atoms in total. The second-order valence-electron chi connectivity index (χ2n) is 7.40. The first-order chi connectivity index (χ1) is 16.2. The predicted molar refractivity (Wildman–Crippen MR) is 143 cm³/mol. The molecule has 1 N–H and O–H groups in total. The number of sulfonamides is 1. The Balaban J connectivity index is 1.64. The molecule has 3 rings (SSSR count). The lowest BCUT2D eigenvalue weighted by Crippen LogP contribution is -2.41. The van der Waals surface area contributed by atoms with Crippen LogP contribution in [0.5, 0.6) is 0 Å². The Morgan fingerprint density at radius 1 is 0.941 bits per heavy atom. The van der Waals surface area contributed by atoms with E-state index in [4.69, 9.17) is 34.8 Å². The predicted octanol–water partition coefficient (Wildman–Crippen LogP) is 6.20. The third kappa shape index (κ3) is 7.06. The molecule has 3 aromatic rings. The SMILES string of the molecule is Cc1ccc(S(=O)(=O)N(CC(=O)NCCSCc2c(Cl)cccc2Cl)c2ccc(Cl)cc2)cc1. The third-order valence-corrected chi connectivity index (χ3v) is 8.62. The van der Waals surface area contributed by atoms with Crippen molar-refractivity contribution in [1.82, 2.24) is 5.32 Å². The third-order valence-electron chi connectivity index (χ3n) is 4.89. The summed E-state index contributed by atoms with van der Waals surface area (Å²) in [5.74, 6) is 0.800. The zero-order valence-corrected chi connectivity index (χ0v) is 22.2. The van der Waals surface area contributed by atoms with Crippen LogP contribution in [-0.4, -0.2) is 33.2 Å². The van der Waals surface area contributed by atoms with Crippen molar-refractivity contribution in [1.29, 1.82) is 0 Å². The number of halogens is 3. The van der Waals surface area contributed by atoms with E-state index in [0.717, 1.165) is 15.4 Å². The Bertz CT molecular complexity index is 1220. The first-order valence-electron chi connectivity index (χ1n) is 10.3. The van der Waals surface area contributed by atoms with Gasteiger partial charge in [0.15, 0.2) is 0 Å². The number of nitrogens with zero attached hydrogens (tertiary/aromatic N) is 1. The molecular formula is C24H23Cl3N2O3S2. The zero-order valence-electron chi connectivity index (χ0n) is 18.3. The standard InChI is InChI=1S/C24H23Cl3N2O3S2/c1-17-5-11-20(12-6-17)34(31,32)29(19-9-7-18(25)8-10-19)15-24(30)28-13-14-33-16-21-22(26)3-2-4-23(21)27/h2-12H,13-16H2,1H3,(H,28,30). The van der Waals surface area contributed by atoms with E-state index in [1.165, 1.54) is 12.1 Å². The van der Waals surface area contributed by atoms with Crippen LogP contribution in [0.3, 0.4) is 0 Å². The second kappa shape index (κ2) is 12.2. The monoisotopic (exact) mass is 556 g/mol. The van der Waals surface area contributed by atoms with Gasteiger partial charge in [0, 0.05) is 33.1 Å². The summed E-state index contributed by atoms with van der Waals surface area (Å²) < 4.78 is 27.8. The molecule has 0 unspecified atom stereocenters. The highest BCUT2D eigenvalue weighted by Gasteiger charge is 2.27. The quantitative estimate of drug-likeness (QED) is 0.301. The van der Waals surface area contributed by atoms with E-state index in [-0.39, 0.29) is 11.4 Å². The van der Waals surface area contributed by atoms with Gasteiger partial charge in [-0.25, -0.2) is 8.42 Å². The molecule has 180 valence electrons. The molecule has 0 radical (unpaired) electrons. The van der Waals surface area contributed by atoms with Crippen LogP contribution in [-0.2, 0) is 20.6 Å². The molecule has 0 bridgehead atoms. The maximum Gasteiger partial charge on any atom is 0.264 e. The molecule has 0 spiro atoms. The van der Waals surface area contributed by atoms with E-state index in [9.17, 15) is 13.2 Å². The number of nitrogens with one attached hydrogen (secondary N) is 1. The van der Waals surface area contributed by atoms with Gasteiger partial charge in [-0.1, -0.05) is 58.6 Å². The van der Waals surface area contributed by atoms with E-state index in [0.29, 0.717) is 38.8 Å². The van der Waals surface area contributed by atoms with Gasteiger partial charge in [0.1, 0.15) is 6.54 Å². The minimum Gasteiger partial charge on any atom is -0.354 e. The Kier molecular flexibility index (Phi) is 9.56. The fourth-order valence-electron chi connectivity index (χ4n) is 3.05. The van der Waals surface area contributed by atoms with Crippen molar-refractivity contribution in [2.45, 2.75) is 17.6 Å². The summed E-state index contributed by atoms with van der Waals surface area (Å²) in [6, 6.07) is 18.2. The number of carbonyl (C=O) groups is 1. The number of carbonyl (C=O) groups excluding carboxylic acids is 1. The smallest absolute Gasteiger partial charge is 0.264 e. The molecule has 0 saturated carbocycles. The molecule has 0 aliphatic rings. The highest BCUT2D eigenvalue weighted by atomic mass is 35.5. The number of rotatable bonds is 10. The van der Waals surface area contributed by atoms with E-state index in [2.05, 4.69) is 5.32 Å². The summed E-state index contributed by atoms with van der Waals surface area (Å²) in [6.07, 6.45) is 0. The van der Waals surface area contributed by atoms with E-state index < -0.39 is 15.9 Å². The Morgan fingerprint density at radius 2 is 1.56 bits per heavy atom. The summed E-state index contributed by atoms with van der Waals surface area (Å²) in [7, 11) is -3.96. The van der Waals surface area contributed by atoms with Crippen molar-refractivity contribution in [3.8, 4) is 0 Å². The molecule has 0 atom stereocenters. The van der Waals surface area contributed by atoms with Crippen LogP contribution < -0.4 is 9.62 Å². The number of amides is 1. The lowest BCUT2D eigenvalue weighted by Gasteiger charge is -2.24. The van der Waals surface area contributed by atoms with Gasteiger partial charge in [-0.2, -0.15) is 11.8 Å². The summed E-state index contributed by atoms with van der Waals surface area (Å²) in [4.78, 5) is 12.8. The molecule has 0 saturated heterocycles. The normalized spacial score (nSPS) is 11.3. The number of aryl methyl sites for hydroxylation is 1. The number of thioether (sulfide) groups is 1. The van der Waals surface area contributed by atoms with Crippen LogP contribution in [0, 0.1) is 6.92 Å². The lowest BCUT2D eigenvalue weighted by atomic mass is 10.2. The van der Waals surface area contributed by atoms with Crippen molar-refractivity contribution in [3.63, 3.8) is 0 Å². The van der Waals surface area contributed by atoms with Gasteiger partial charge in [-0.3, -0.25) is 9.10 Å². The molecular weight excluding hydrogens is 535 g/mol. The van der Waals surface area contributed by atoms with Gasteiger partial charge in [0.05, 0.1) is 10.6 Å². The molecule has 1 amide bonds. The maximum atomic E-state index is 13.3. The molecule has 0 fully saturated rings. The van der Waals surface area contributed by atoms with Gasteiger partial charge in [-0.05, 0) is 61.0 Å². The number of benzene rings is 3. The minimum absolute atomic E-state index is 0.105. The Morgan fingerprint density at radius 3 is 2.18 bits per heavy atom. The topological polar surface area (TPSA) is 66.5 Å². The summed E-state index contributed by atoms with van der Waals surface area (Å²) in [5.41, 5.74) is 2.13. The Hall–Kier alpha value is -1.90. The maximum absolute atomic E-state index is 13.3. The van der Waals surface area contributed by atoms with Crippen LogP contribution in [0.4, 0.5) is 5.69 Å². The molecule has 0 heterocycles. The van der Waals surface area contributed by atoms with Crippen LogP contribution in [0.1, 0.15) is 11.1 Å². The van der Waals surface area contributed by atoms with Crippen molar-refractivity contribution in [2.24, 2.45) is 0 Å². The number of hydrogen-bond donors (Lipinski definition) is 1. The van der Waals surface area contributed by atoms with Gasteiger partial charge in [-0.15, -0.1) is 0 Å². The highest BCUT2D eigenvalue weighted by Crippen LogP contribution is 2.28. The molecule has 0 aliphatic heterocycles. The van der Waals surface area contributed by atoms with Gasteiger partial charge in [0.2, 0.25) is 5.91 Å². The fraction of sp³-hybridized carbons (Fsp3) is 0.208. The van der Waals surface area contributed by atoms with Crippen molar-refractivity contribution >= 4 is 68.2 Å². The average molecular weight is 558 g/mol. The van der Waals surface area contributed by atoms with Gasteiger partial charge >= 0.3 is 0 Å². The van der Waals surface area contributed by atoms with E-state index >= 15 is 0 Å². The van der Waals surface area contributed by atoms with E-state index in [1.54, 1.807) is 66.4 Å². The van der Waals surface area contributed by atoms with Gasteiger partial charge in [0.25, 0.3) is 10.0 Å². The zero-order chi connectivity index (χ0) is 24.7. The Labute approximate surface area is 219 Å². The molecule has 10 heteroatoms. The minimum atomic E-state index is -3.96. The average Bonchev–Trinajstić information content (AvgIpc) is 2.80. The van der Waals surface area contributed by atoms with Crippen molar-refractivity contribution in [2.75, 3.05) is 23.1 Å². The summed E-state index contributed by atoms with van der Waals surface area (Å²) in [6.45, 7) is 1.88. The molecule has 34 heavy (non-hydrogen) atoms. The molecule has 0 aromatic heterocycles. The van der Waals surface area contributed by atoms with Crippen LogP contribution in [0.25, 0.3) is 0 Å². The summed E-state index contributed by atoms with van der Waals surface area (Å²) in [5, 5.41) is 4.46. The number of hydrogen-bond acceptors (Lipinski definition) is 4. The molecule has 3 aromatic carbocycles. The van der Waals surface area contributed by atoms with Gasteiger partial charge < -0.3 is 5.32 Å². The first kappa shape index (κ1) is 26.7. The summed E-state index contributed by atoms with van der Waals surface area (Å²) >= 11 is 19.9. The lowest BCUT2D eigenvalue weighted by molar-refractivity contribution is -0.119. The van der Waals surface area contributed by atoms with Crippen LogP contribution in [0.15, 0.2) is 71.6 Å². The molecule has 0 aliphatic carbocycles. The van der Waals surface area contributed by atoms with E-state index in [1.807, 2.05) is 6.92 Å². The van der Waals surface area contributed by atoms with Crippen molar-refractivity contribution < 1.29 is 13.2 Å². The second-order valence-corrected chi connectivity index (χ2v) is 11.6. The van der Waals surface area contributed by atoms with Crippen LogP contribution in [0.2, 0.25) is 15.1 Å². The largest absolute Gasteiger partial charge is 0.354 e.